The fraction of sp³-hybridized carbons (Fsp3) is 0.524. The molecule has 3 N–H and O–H groups in total. The number of carbonyl (C=O) groups excluding carboxylic acids is 2. The summed E-state index contributed by atoms with van der Waals surface area (Å²) < 4.78 is 0. The molecule has 0 radical (unpaired) electrons. The van der Waals surface area contributed by atoms with Crippen LogP contribution in [-0.2, 0) is 4.79 Å². The summed E-state index contributed by atoms with van der Waals surface area (Å²) in [6.45, 7) is 3.20. The zero-order valence-electron chi connectivity index (χ0n) is 15.9. The van der Waals surface area contributed by atoms with Crippen LogP contribution in [0.5, 0.6) is 0 Å². The van der Waals surface area contributed by atoms with E-state index < -0.39 is 5.54 Å². The number of allylic oxidation sites excluding steroid dienone is 1. The highest BCUT2D eigenvalue weighted by atomic mass is 16.2. The summed E-state index contributed by atoms with van der Waals surface area (Å²) in [5, 5.41) is 9.58. The maximum absolute atomic E-state index is 12.7. The molecule has 3 aliphatic rings. The van der Waals surface area contributed by atoms with E-state index in [1.807, 2.05) is 29.2 Å². The largest absolute Gasteiger partial charge is 0.369 e. The molecule has 1 aromatic rings. The fourth-order valence-corrected chi connectivity index (χ4v) is 4.33. The van der Waals surface area contributed by atoms with E-state index in [0.29, 0.717) is 25.9 Å². The second-order valence-electron chi connectivity index (χ2n) is 7.89. The summed E-state index contributed by atoms with van der Waals surface area (Å²) in [5.41, 5.74) is 2.49. The molecule has 144 valence electrons. The molecule has 4 rings (SSSR count). The summed E-state index contributed by atoms with van der Waals surface area (Å²) in [6, 6.07) is 7.80. The number of likely N-dealkylation sites (tertiary alicyclic amines) is 1. The Labute approximate surface area is 160 Å². The van der Waals surface area contributed by atoms with Crippen LogP contribution < -0.4 is 16.0 Å². The van der Waals surface area contributed by atoms with Crippen LogP contribution in [0.1, 0.15) is 45.4 Å². The number of para-hydroxylation sites is 2. The Bertz CT molecular complexity index is 765. The van der Waals surface area contributed by atoms with Gasteiger partial charge in [-0.05, 0) is 57.6 Å². The number of nitrogens with zero attached hydrogens (tertiary/aromatic N) is 1. The standard InChI is InChI=1S/C21H28N4O2/c1-15(16-7-3-2-4-8-16)22-20(27)25-13-11-21(12-14-25)19(26)23-17-9-5-6-10-18(17)24-21/h5-7,9-10,15,24H,2-4,8,11-14H2,1H3,(H,22,27)(H,23,26)/t15-/m1/s1. The van der Waals surface area contributed by atoms with Gasteiger partial charge in [0, 0.05) is 19.1 Å². The molecule has 3 amide bonds. The van der Waals surface area contributed by atoms with Crippen LogP contribution in [0.3, 0.4) is 0 Å². The second-order valence-corrected chi connectivity index (χ2v) is 7.89. The van der Waals surface area contributed by atoms with E-state index in [9.17, 15) is 9.59 Å². The predicted molar refractivity (Wildman–Crippen MR) is 107 cm³/mol. The maximum atomic E-state index is 12.7. The van der Waals surface area contributed by atoms with Crippen molar-refractivity contribution in [1.82, 2.24) is 10.2 Å². The van der Waals surface area contributed by atoms with Crippen molar-refractivity contribution in [2.45, 2.75) is 57.0 Å². The van der Waals surface area contributed by atoms with Crippen LogP contribution in [-0.4, -0.2) is 41.5 Å². The third-order valence-corrected chi connectivity index (χ3v) is 6.11. The molecule has 1 aliphatic carbocycles. The highest BCUT2D eigenvalue weighted by Gasteiger charge is 2.45. The normalized spacial score (nSPS) is 22.2. The Morgan fingerprint density at radius 3 is 2.63 bits per heavy atom. The Hall–Kier alpha value is -2.50. The molecule has 0 saturated carbocycles. The van der Waals surface area contributed by atoms with Crippen LogP contribution in [0.2, 0.25) is 0 Å². The van der Waals surface area contributed by atoms with Crippen molar-refractivity contribution >= 4 is 23.3 Å². The number of urea groups is 1. The third-order valence-electron chi connectivity index (χ3n) is 6.11. The van der Waals surface area contributed by atoms with Gasteiger partial charge < -0.3 is 20.9 Å². The van der Waals surface area contributed by atoms with Crippen molar-refractivity contribution in [2.75, 3.05) is 23.7 Å². The van der Waals surface area contributed by atoms with Gasteiger partial charge >= 0.3 is 6.03 Å². The van der Waals surface area contributed by atoms with E-state index >= 15 is 0 Å². The molecule has 2 aliphatic heterocycles. The van der Waals surface area contributed by atoms with Crippen LogP contribution in [0.15, 0.2) is 35.9 Å². The maximum Gasteiger partial charge on any atom is 0.317 e. The van der Waals surface area contributed by atoms with Crippen molar-refractivity contribution in [3.8, 4) is 0 Å². The fourth-order valence-electron chi connectivity index (χ4n) is 4.33. The van der Waals surface area contributed by atoms with E-state index in [1.54, 1.807) is 0 Å². The molecule has 2 heterocycles. The first-order valence-electron chi connectivity index (χ1n) is 10.0. The molecule has 6 nitrogen and oxygen atoms in total. The molecule has 1 spiro atoms. The van der Waals surface area contributed by atoms with Crippen LogP contribution >= 0.6 is 0 Å². The number of rotatable bonds is 2. The number of anilines is 2. The summed E-state index contributed by atoms with van der Waals surface area (Å²) in [5.74, 6) is 0.00184. The number of fused-ring (bicyclic) bond motifs is 1. The molecule has 0 aromatic heterocycles. The van der Waals surface area contributed by atoms with Crippen molar-refractivity contribution < 1.29 is 9.59 Å². The average Bonchev–Trinajstić information content (AvgIpc) is 2.70. The molecule has 1 aromatic carbocycles. The van der Waals surface area contributed by atoms with Gasteiger partial charge in [0.1, 0.15) is 5.54 Å². The highest BCUT2D eigenvalue weighted by molar-refractivity contribution is 6.06. The second kappa shape index (κ2) is 7.25. The Morgan fingerprint density at radius 1 is 1.19 bits per heavy atom. The SMILES string of the molecule is C[C@@H](NC(=O)N1CCC2(CC1)Nc1ccccc1NC2=O)C1=CCCCC1. The smallest absolute Gasteiger partial charge is 0.317 e. The number of piperidine rings is 1. The lowest BCUT2D eigenvalue weighted by Crippen LogP contribution is -2.60. The van der Waals surface area contributed by atoms with Crippen LogP contribution in [0, 0.1) is 0 Å². The van der Waals surface area contributed by atoms with E-state index in [1.165, 1.54) is 18.4 Å². The van der Waals surface area contributed by atoms with Gasteiger partial charge in [0.15, 0.2) is 0 Å². The van der Waals surface area contributed by atoms with Gasteiger partial charge in [0.2, 0.25) is 5.91 Å². The van der Waals surface area contributed by atoms with Crippen molar-refractivity contribution in [2.24, 2.45) is 0 Å². The minimum Gasteiger partial charge on any atom is -0.369 e. The molecule has 0 unspecified atom stereocenters. The van der Waals surface area contributed by atoms with Gasteiger partial charge in [0.25, 0.3) is 0 Å². The Kier molecular flexibility index (Phi) is 4.81. The minimum atomic E-state index is -0.622. The summed E-state index contributed by atoms with van der Waals surface area (Å²) in [4.78, 5) is 27.2. The van der Waals surface area contributed by atoms with Gasteiger partial charge in [-0.3, -0.25) is 4.79 Å². The highest BCUT2D eigenvalue weighted by Crippen LogP contribution is 2.36. The lowest BCUT2D eigenvalue weighted by atomic mass is 9.84. The van der Waals surface area contributed by atoms with Crippen LogP contribution in [0.4, 0.5) is 16.2 Å². The van der Waals surface area contributed by atoms with Crippen molar-refractivity contribution in [3.63, 3.8) is 0 Å². The number of hydrogen-bond donors (Lipinski definition) is 3. The third kappa shape index (κ3) is 3.53. The van der Waals surface area contributed by atoms with E-state index in [2.05, 4.69) is 29.0 Å². The van der Waals surface area contributed by atoms with E-state index in [4.69, 9.17) is 0 Å². The molecular weight excluding hydrogens is 340 g/mol. The summed E-state index contributed by atoms with van der Waals surface area (Å²) in [6.07, 6.45) is 8.14. The van der Waals surface area contributed by atoms with Gasteiger partial charge in [0.05, 0.1) is 11.4 Å². The number of hydrogen-bond acceptors (Lipinski definition) is 3. The lowest BCUT2D eigenvalue weighted by Gasteiger charge is -2.44. The quantitative estimate of drug-likeness (QED) is 0.700. The van der Waals surface area contributed by atoms with Gasteiger partial charge in [-0.1, -0.05) is 23.8 Å². The molecule has 0 bridgehead atoms. The van der Waals surface area contributed by atoms with Gasteiger partial charge in [-0.2, -0.15) is 0 Å². The Balaban J connectivity index is 1.36. The topological polar surface area (TPSA) is 73.5 Å². The number of nitrogens with one attached hydrogen (secondary N) is 3. The van der Waals surface area contributed by atoms with Gasteiger partial charge in [-0.15, -0.1) is 0 Å². The lowest BCUT2D eigenvalue weighted by molar-refractivity contribution is -0.121. The predicted octanol–water partition coefficient (Wildman–Crippen LogP) is 3.48. The molecular formula is C21H28N4O2. The number of amides is 3. The number of carbonyl (C=O) groups is 2. The Morgan fingerprint density at radius 2 is 1.93 bits per heavy atom. The zero-order chi connectivity index (χ0) is 18.9. The monoisotopic (exact) mass is 368 g/mol. The molecule has 1 saturated heterocycles. The van der Waals surface area contributed by atoms with Gasteiger partial charge in [-0.25, -0.2) is 4.79 Å². The molecule has 6 heteroatoms. The molecule has 1 atom stereocenters. The number of benzene rings is 1. The summed E-state index contributed by atoms with van der Waals surface area (Å²) >= 11 is 0. The van der Waals surface area contributed by atoms with Crippen LogP contribution in [0.25, 0.3) is 0 Å². The minimum absolute atomic E-state index is 0.00184. The van der Waals surface area contributed by atoms with E-state index in [0.717, 1.165) is 24.2 Å². The average molecular weight is 368 g/mol. The first-order valence-corrected chi connectivity index (χ1v) is 10.0. The van der Waals surface area contributed by atoms with E-state index in [-0.39, 0.29) is 18.0 Å². The van der Waals surface area contributed by atoms with Crippen molar-refractivity contribution in [1.29, 1.82) is 0 Å². The molecule has 1 fully saturated rings. The first kappa shape index (κ1) is 17.9. The first-order chi connectivity index (χ1) is 13.1. The zero-order valence-corrected chi connectivity index (χ0v) is 15.9. The summed E-state index contributed by atoms with van der Waals surface area (Å²) in [7, 11) is 0. The van der Waals surface area contributed by atoms with Crippen molar-refractivity contribution in [3.05, 3.63) is 35.9 Å². The molecule has 27 heavy (non-hydrogen) atoms.